The molecule has 0 saturated carbocycles. The van der Waals surface area contributed by atoms with E-state index in [-0.39, 0.29) is 0 Å². The summed E-state index contributed by atoms with van der Waals surface area (Å²) in [7, 11) is 0. The molecule has 0 saturated heterocycles. The van der Waals surface area contributed by atoms with Crippen LogP contribution < -0.4 is 5.32 Å². The molecule has 1 amide bonds. The van der Waals surface area contributed by atoms with Crippen LogP contribution in [0.25, 0.3) is 0 Å². The molecule has 0 fully saturated rings. The van der Waals surface area contributed by atoms with Crippen LogP contribution in [0.3, 0.4) is 0 Å². The minimum atomic E-state index is -1.78. The van der Waals surface area contributed by atoms with Gasteiger partial charge in [-0.05, 0) is 23.8 Å². The highest BCUT2D eigenvalue weighted by Crippen LogP contribution is 2.26. The first-order valence-corrected chi connectivity index (χ1v) is 6.76. The number of hydrogen-bond donors (Lipinski definition) is 3. The summed E-state index contributed by atoms with van der Waals surface area (Å²) in [6.07, 6.45) is 0. The summed E-state index contributed by atoms with van der Waals surface area (Å²) in [4.78, 5) is 12.0. The van der Waals surface area contributed by atoms with Gasteiger partial charge in [0.05, 0.1) is 18.2 Å². The third-order valence-electron chi connectivity index (χ3n) is 3.14. The number of amides is 1. The normalized spacial score (nSPS) is 12.0. The van der Waals surface area contributed by atoms with Crippen LogP contribution in [-0.2, 0) is 0 Å². The molecule has 3 N–H and O–H groups in total. The monoisotopic (exact) mass is 345 g/mol. The summed E-state index contributed by atoms with van der Waals surface area (Å²) in [5.74, 6) is -7.64. The second-order valence-corrected chi connectivity index (χ2v) is 5.08. The predicted octanol–water partition coefficient (Wildman–Crippen LogP) is 2.93. The van der Waals surface area contributed by atoms with E-state index in [4.69, 9.17) is 16.7 Å². The van der Waals surface area contributed by atoms with Gasteiger partial charge in [0.1, 0.15) is 0 Å². The van der Waals surface area contributed by atoms with Crippen molar-refractivity contribution in [3.05, 3.63) is 63.9 Å². The number of benzene rings is 2. The zero-order chi connectivity index (χ0) is 17.1. The van der Waals surface area contributed by atoms with Crippen LogP contribution in [0.15, 0.2) is 30.3 Å². The molecule has 0 aliphatic carbocycles. The lowest BCUT2D eigenvalue weighted by molar-refractivity contribution is 0.0910. The second-order valence-electron chi connectivity index (χ2n) is 4.64. The van der Waals surface area contributed by atoms with Crippen LogP contribution in [0.1, 0.15) is 22.0 Å². The molecule has 8 heteroatoms. The molecule has 2 rings (SSSR count). The largest absolute Gasteiger partial charge is 0.503 e. The van der Waals surface area contributed by atoms with E-state index in [1.54, 1.807) is 0 Å². The molecule has 4 nitrogen and oxygen atoms in total. The zero-order valence-electron chi connectivity index (χ0n) is 11.5. The molecule has 0 unspecified atom stereocenters. The van der Waals surface area contributed by atoms with Crippen molar-refractivity contribution in [3.63, 3.8) is 0 Å². The van der Waals surface area contributed by atoms with Crippen LogP contribution in [0, 0.1) is 17.5 Å². The number of carbonyl (C=O) groups is 1. The second kappa shape index (κ2) is 6.89. The summed E-state index contributed by atoms with van der Waals surface area (Å²) in [6.45, 7) is -0.523. The highest BCUT2D eigenvalue weighted by molar-refractivity contribution is 6.30. The van der Waals surface area contributed by atoms with Gasteiger partial charge < -0.3 is 15.5 Å². The molecule has 23 heavy (non-hydrogen) atoms. The molecule has 0 radical (unpaired) electrons. The van der Waals surface area contributed by atoms with Crippen molar-refractivity contribution in [2.24, 2.45) is 0 Å². The van der Waals surface area contributed by atoms with E-state index in [1.807, 2.05) is 0 Å². The Morgan fingerprint density at radius 3 is 2.35 bits per heavy atom. The Labute approximate surface area is 134 Å². The van der Waals surface area contributed by atoms with Crippen LogP contribution in [0.2, 0.25) is 5.02 Å². The van der Waals surface area contributed by atoms with Crippen molar-refractivity contribution >= 4 is 17.5 Å². The van der Waals surface area contributed by atoms with E-state index in [9.17, 15) is 23.1 Å². The topological polar surface area (TPSA) is 69.6 Å². The van der Waals surface area contributed by atoms with Crippen molar-refractivity contribution in [3.8, 4) is 5.75 Å². The zero-order valence-corrected chi connectivity index (χ0v) is 12.2. The molecule has 1 atom stereocenters. The van der Waals surface area contributed by atoms with Crippen molar-refractivity contribution in [1.82, 2.24) is 5.32 Å². The standard InChI is InChI=1S/C15H11ClF3NO3/c16-8-3-1-7(2-4-8)11(6-21)20-15(23)9-5-10(17)13(19)14(22)12(9)18/h1-5,11,21-22H,6H2,(H,20,23)/t11-/m0/s1. The van der Waals surface area contributed by atoms with Gasteiger partial charge >= 0.3 is 0 Å². The molecule has 2 aromatic rings. The summed E-state index contributed by atoms with van der Waals surface area (Å²) in [5, 5.41) is 21.2. The number of carbonyl (C=O) groups excluding carboxylic acids is 1. The van der Waals surface area contributed by atoms with E-state index >= 15 is 0 Å². The number of aliphatic hydroxyl groups is 1. The van der Waals surface area contributed by atoms with Crippen LogP contribution in [-0.4, -0.2) is 22.7 Å². The summed E-state index contributed by atoms with van der Waals surface area (Å²) in [6, 6.07) is 5.52. The maximum atomic E-state index is 13.7. The number of phenols is 1. The molecule has 0 aliphatic heterocycles. The predicted molar refractivity (Wildman–Crippen MR) is 76.7 cm³/mol. The van der Waals surface area contributed by atoms with Gasteiger partial charge in [-0.25, -0.2) is 8.78 Å². The number of aromatic hydroxyl groups is 1. The lowest BCUT2D eigenvalue weighted by atomic mass is 10.1. The minimum Gasteiger partial charge on any atom is -0.503 e. The smallest absolute Gasteiger partial charge is 0.255 e. The average molecular weight is 346 g/mol. The molecule has 0 heterocycles. The first-order valence-electron chi connectivity index (χ1n) is 6.38. The van der Waals surface area contributed by atoms with E-state index < -0.39 is 47.3 Å². The number of hydrogen-bond acceptors (Lipinski definition) is 3. The summed E-state index contributed by atoms with van der Waals surface area (Å²) >= 11 is 5.73. The Bertz CT molecular complexity index is 738. The molecule has 0 spiro atoms. The maximum absolute atomic E-state index is 13.7. The van der Waals surface area contributed by atoms with E-state index in [1.165, 1.54) is 24.3 Å². The van der Waals surface area contributed by atoms with Crippen LogP contribution in [0.4, 0.5) is 13.2 Å². The summed E-state index contributed by atoms with van der Waals surface area (Å²) in [5.41, 5.74) is -0.411. The van der Waals surface area contributed by atoms with Gasteiger partial charge in [-0.15, -0.1) is 0 Å². The lowest BCUT2D eigenvalue weighted by Crippen LogP contribution is -2.31. The van der Waals surface area contributed by atoms with Gasteiger partial charge in [-0.1, -0.05) is 23.7 Å². The highest BCUT2D eigenvalue weighted by atomic mass is 35.5. The molecule has 2 aromatic carbocycles. The fourth-order valence-electron chi connectivity index (χ4n) is 1.92. The number of aliphatic hydroxyl groups excluding tert-OH is 1. The highest BCUT2D eigenvalue weighted by Gasteiger charge is 2.24. The molecule has 0 aliphatic rings. The quantitative estimate of drug-likeness (QED) is 0.746. The minimum absolute atomic E-state index is 0.329. The van der Waals surface area contributed by atoms with Crippen LogP contribution in [0.5, 0.6) is 5.75 Å². The fourth-order valence-corrected chi connectivity index (χ4v) is 2.05. The Morgan fingerprint density at radius 1 is 1.17 bits per heavy atom. The van der Waals surface area contributed by atoms with E-state index in [0.29, 0.717) is 16.7 Å². The average Bonchev–Trinajstić information content (AvgIpc) is 2.54. The lowest BCUT2D eigenvalue weighted by Gasteiger charge is -2.17. The fraction of sp³-hybridized carbons (Fsp3) is 0.133. The Morgan fingerprint density at radius 2 is 1.78 bits per heavy atom. The van der Waals surface area contributed by atoms with Crippen molar-refractivity contribution in [2.75, 3.05) is 6.61 Å². The number of nitrogens with one attached hydrogen (secondary N) is 1. The number of halogens is 4. The van der Waals surface area contributed by atoms with Gasteiger partial charge in [-0.2, -0.15) is 4.39 Å². The van der Waals surface area contributed by atoms with Crippen LogP contribution >= 0.6 is 11.6 Å². The Hall–Kier alpha value is -2.25. The first kappa shape index (κ1) is 17.1. The van der Waals surface area contributed by atoms with Crippen molar-refractivity contribution < 1.29 is 28.2 Å². The van der Waals surface area contributed by atoms with Crippen molar-refractivity contribution in [1.29, 1.82) is 0 Å². The van der Waals surface area contributed by atoms with Gasteiger partial charge in [0, 0.05) is 5.02 Å². The van der Waals surface area contributed by atoms with Crippen molar-refractivity contribution in [2.45, 2.75) is 6.04 Å². The summed E-state index contributed by atoms with van der Waals surface area (Å²) < 4.78 is 39.9. The molecule has 0 bridgehead atoms. The molecule has 122 valence electrons. The third-order valence-corrected chi connectivity index (χ3v) is 3.39. The van der Waals surface area contributed by atoms with E-state index in [0.717, 1.165) is 0 Å². The SMILES string of the molecule is O=C(N[C@@H](CO)c1ccc(Cl)cc1)c1cc(F)c(F)c(O)c1F. The Balaban J connectivity index is 2.29. The van der Waals surface area contributed by atoms with Gasteiger partial charge in [0.15, 0.2) is 17.4 Å². The molecule has 0 aromatic heterocycles. The molecular formula is C15H11ClF3NO3. The van der Waals surface area contributed by atoms with E-state index in [2.05, 4.69) is 5.32 Å². The first-order chi connectivity index (χ1) is 10.8. The number of rotatable bonds is 4. The van der Waals surface area contributed by atoms with Gasteiger partial charge in [0.2, 0.25) is 5.82 Å². The third kappa shape index (κ3) is 3.57. The van der Waals surface area contributed by atoms with Gasteiger partial charge in [0.25, 0.3) is 5.91 Å². The Kier molecular flexibility index (Phi) is 5.12. The maximum Gasteiger partial charge on any atom is 0.255 e. The van der Waals surface area contributed by atoms with Gasteiger partial charge in [-0.3, -0.25) is 4.79 Å². The molecular weight excluding hydrogens is 335 g/mol. The number of phenolic OH excluding ortho intramolecular Hbond substituents is 1.